The van der Waals surface area contributed by atoms with E-state index in [0.717, 1.165) is 10.4 Å². The second-order valence-corrected chi connectivity index (χ2v) is 5.52. The van der Waals surface area contributed by atoms with Gasteiger partial charge in [0, 0.05) is 6.42 Å². The molecule has 2 nitrogen and oxygen atoms in total. The van der Waals surface area contributed by atoms with Crippen LogP contribution in [0, 0.1) is 0 Å². The van der Waals surface area contributed by atoms with E-state index >= 15 is 0 Å². The number of ether oxygens (including phenoxy) is 1. The fourth-order valence-corrected chi connectivity index (χ4v) is 2.97. The Kier molecular flexibility index (Phi) is 4.51. The third kappa shape index (κ3) is 2.81. The van der Waals surface area contributed by atoms with Gasteiger partial charge in [-0.1, -0.05) is 35.3 Å². The van der Waals surface area contributed by atoms with Gasteiger partial charge in [0.2, 0.25) is 0 Å². The van der Waals surface area contributed by atoms with Crippen LogP contribution in [-0.2, 0) is 6.42 Å². The second kappa shape index (κ2) is 5.93. The molecule has 1 N–H and O–H groups in total. The van der Waals surface area contributed by atoms with Gasteiger partial charge in [0.15, 0.2) is 0 Å². The van der Waals surface area contributed by atoms with Crippen LogP contribution in [-0.4, -0.2) is 12.2 Å². The Morgan fingerprint density at radius 1 is 1.33 bits per heavy atom. The van der Waals surface area contributed by atoms with Gasteiger partial charge >= 0.3 is 0 Å². The number of aliphatic hydroxyl groups is 1. The number of rotatable bonds is 4. The molecule has 1 unspecified atom stereocenters. The Balaban J connectivity index is 2.21. The molecule has 0 saturated heterocycles. The monoisotopic (exact) mass is 302 g/mol. The molecule has 1 aromatic carbocycles. The van der Waals surface area contributed by atoms with Gasteiger partial charge in [-0.25, -0.2) is 0 Å². The summed E-state index contributed by atoms with van der Waals surface area (Å²) in [6.07, 6.45) is -0.230. The Morgan fingerprint density at radius 3 is 2.83 bits per heavy atom. The van der Waals surface area contributed by atoms with Gasteiger partial charge in [0.05, 0.1) is 28.1 Å². The highest BCUT2D eigenvalue weighted by Crippen LogP contribution is 2.35. The summed E-state index contributed by atoms with van der Waals surface area (Å²) in [4.78, 5) is 0.800. The normalized spacial score (nSPS) is 12.4. The molecule has 0 bridgehead atoms. The lowest BCUT2D eigenvalue weighted by Crippen LogP contribution is -2.02. The molecule has 0 spiro atoms. The summed E-state index contributed by atoms with van der Waals surface area (Å²) in [5, 5.41) is 13.1. The first-order valence-corrected chi connectivity index (χ1v) is 6.99. The zero-order valence-corrected chi connectivity index (χ0v) is 12.0. The molecule has 1 atom stereocenters. The smallest absolute Gasteiger partial charge is 0.135 e. The van der Waals surface area contributed by atoms with Crippen molar-refractivity contribution in [2.75, 3.05) is 7.11 Å². The van der Waals surface area contributed by atoms with Crippen LogP contribution in [0.5, 0.6) is 5.75 Å². The molecule has 0 aliphatic rings. The van der Waals surface area contributed by atoms with Gasteiger partial charge in [0.25, 0.3) is 0 Å². The van der Waals surface area contributed by atoms with E-state index in [1.807, 2.05) is 23.6 Å². The highest BCUT2D eigenvalue weighted by Gasteiger charge is 2.17. The number of methoxy groups -OCH3 is 1. The minimum Gasteiger partial charge on any atom is -0.495 e. The third-order valence-corrected chi connectivity index (χ3v) is 4.48. The molecule has 5 heteroatoms. The fourth-order valence-electron chi connectivity index (χ4n) is 1.73. The second-order valence-electron chi connectivity index (χ2n) is 3.79. The number of halogens is 2. The summed E-state index contributed by atoms with van der Waals surface area (Å²) in [5.74, 6) is 0.700. The van der Waals surface area contributed by atoms with E-state index in [1.54, 1.807) is 13.2 Å². The van der Waals surface area contributed by atoms with Crippen LogP contribution in [0.15, 0.2) is 29.6 Å². The van der Waals surface area contributed by atoms with E-state index < -0.39 is 6.10 Å². The topological polar surface area (TPSA) is 29.5 Å². The summed E-state index contributed by atoms with van der Waals surface area (Å²) >= 11 is 13.5. The number of thiophene rings is 1. The van der Waals surface area contributed by atoms with Crippen molar-refractivity contribution in [3.05, 3.63) is 50.1 Å². The van der Waals surface area contributed by atoms with Gasteiger partial charge in [-0.3, -0.25) is 0 Å². The van der Waals surface area contributed by atoms with E-state index in [4.69, 9.17) is 27.9 Å². The largest absolute Gasteiger partial charge is 0.495 e. The van der Waals surface area contributed by atoms with E-state index in [0.29, 0.717) is 22.2 Å². The predicted octanol–water partition coefficient (Wildman–Crippen LogP) is 4.34. The summed E-state index contributed by atoms with van der Waals surface area (Å²) in [5.41, 5.74) is 0.826. The summed E-state index contributed by atoms with van der Waals surface area (Å²) in [6, 6.07) is 7.24. The van der Waals surface area contributed by atoms with E-state index in [2.05, 4.69) is 0 Å². The van der Waals surface area contributed by atoms with Crippen molar-refractivity contribution in [3.63, 3.8) is 0 Å². The molecule has 0 amide bonds. The predicted molar refractivity (Wildman–Crippen MR) is 76.0 cm³/mol. The Hall–Kier alpha value is -0.740. The molecule has 0 saturated carbocycles. The molecule has 0 aliphatic heterocycles. The lowest BCUT2D eigenvalue weighted by Gasteiger charge is -2.12. The number of aliphatic hydroxyl groups excluding tert-OH is 1. The van der Waals surface area contributed by atoms with Crippen molar-refractivity contribution in [2.24, 2.45) is 0 Å². The maximum Gasteiger partial charge on any atom is 0.135 e. The van der Waals surface area contributed by atoms with E-state index in [-0.39, 0.29) is 0 Å². The minimum atomic E-state index is -0.643. The number of hydrogen-bond acceptors (Lipinski definition) is 3. The highest BCUT2D eigenvalue weighted by atomic mass is 35.5. The maximum absolute atomic E-state index is 10.2. The lowest BCUT2D eigenvalue weighted by molar-refractivity contribution is 0.178. The molecule has 0 fully saturated rings. The standard InChI is InChI=1S/C13H12Cl2O2S/c1-17-11-5-6-18-13(11)10(16)7-8-3-2-4-9(14)12(8)15/h2-6,10,16H,7H2,1H3. The van der Waals surface area contributed by atoms with Crippen LogP contribution in [0.25, 0.3) is 0 Å². The average Bonchev–Trinajstić information content (AvgIpc) is 2.83. The molecule has 18 heavy (non-hydrogen) atoms. The summed E-state index contributed by atoms with van der Waals surface area (Å²) in [7, 11) is 1.59. The van der Waals surface area contributed by atoms with Crippen molar-refractivity contribution in [2.45, 2.75) is 12.5 Å². The highest BCUT2D eigenvalue weighted by molar-refractivity contribution is 7.10. The molecule has 96 valence electrons. The molecular weight excluding hydrogens is 291 g/mol. The van der Waals surface area contributed by atoms with Crippen molar-refractivity contribution in [1.29, 1.82) is 0 Å². The number of benzene rings is 1. The summed E-state index contributed by atoms with van der Waals surface area (Å²) < 4.78 is 5.19. The van der Waals surface area contributed by atoms with Crippen LogP contribution >= 0.6 is 34.5 Å². The Labute approximate surface area is 120 Å². The molecule has 2 rings (SSSR count). The maximum atomic E-state index is 10.2. The third-order valence-electron chi connectivity index (χ3n) is 2.62. The lowest BCUT2D eigenvalue weighted by atomic mass is 10.1. The first-order valence-electron chi connectivity index (χ1n) is 5.35. The van der Waals surface area contributed by atoms with Crippen LogP contribution < -0.4 is 4.74 Å². The quantitative estimate of drug-likeness (QED) is 0.910. The van der Waals surface area contributed by atoms with Gasteiger partial charge in [-0.05, 0) is 23.1 Å². The zero-order valence-electron chi connectivity index (χ0n) is 9.69. The Bertz CT molecular complexity index is 540. The molecule has 1 heterocycles. The van der Waals surface area contributed by atoms with Crippen molar-refractivity contribution < 1.29 is 9.84 Å². The van der Waals surface area contributed by atoms with Crippen molar-refractivity contribution in [3.8, 4) is 5.75 Å². The summed E-state index contributed by atoms with van der Waals surface area (Å²) in [6.45, 7) is 0. The van der Waals surface area contributed by atoms with Crippen LogP contribution in [0.4, 0.5) is 0 Å². The molecule has 1 aromatic heterocycles. The van der Waals surface area contributed by atoms with Crippen molar-refractivity contribution in [1.82, 2.24) is 0 Å². The van der Waals surface area contributed by atoms with Gasteiger partial charge in [0.1, 0.15) is 5.75 Å². The van der Waals surface area contributed by atoms with Crippen LogP contribution in [0.2, 0.25) is 10.0 Å². The first kappa shape index (κ1) is 13.7. The van der Waals surface area contributed by atoms with Gasteiger partial charge in [-0.15, -0.1) is 11.3 Å². The fraction of sp³-hybridized carbons (Fsp3) is 0.231. The van der Waals surface area contributed by atoms with E-state index in [9.17, 15) is 5.11 Å². The molecule has 0 aliphatic carbocycles. The number of hydrogen-bond donors (Lipinski definition) is 1. The van der Waals surface area contributed by atoms with Gasteiger partial charge in [-0.2, -0.15) is 0 Å². The Morgan fingerprint density at radius 2 is 2.11 bits per heavy atom. The first-order chi connectivity index (χ1) is 8.63. The molecule has 2 aromatic rings. The van der Waals surface area contributed by atoms with Gasteiger partial charge < -0.3 is 9.84 Å². The van der Waals surface area contributed by atoms with Crippen molar-refractivity contribution >= 4 is 34.5 Å². The molecule has 0 radical (unpaired) electrons. The SMILES string of the molecule is COc1ccsc1C(O)Cc1cccc(Cl)c1Cl. The molecular formula is C13H12Cl2O2S. The minimum absolute atomic E-state index is 0.413. The van der Waals surface area contributed by atoms with E-state index in [1.165, 1.54) is 11.3 Å². The average molecular weight is 303 g/mol. The van der Waals surface area contributed by atoms with Crippen LogP contribution in [0.3, 0.4) is 0 Å². The van der Waals surface area contributed by atoms with Crippen LogP contribution in [0.1, 0.15) is 16.5 Å². The zero-order chi connectivity index (χ0) is 13.1.